The first-order valence-electron chi connectivity index (χ1n) is 7.88. The molecule has 0 spiro atoms. The summed E-state index contributed by atoms with van der Waals surface area (Å²) >= 11 is 0. The summed E-state index contributed by atoms with van der Waals surface area (Å²) in [4.78, 5) is 5.10. The van der Waals surface area contributed by atoms with E-state index in [1.807, 2.05) is 0 Å². The highest BCUT2D eigenvalue weighted by Gasteiger charge is 2.43. The Labute approximate surface area is 118 Å². The maximum absolute atomic E-state index is 6.21. The number of hydrogen-bond donors (Lipinski definition) is 1. The number of rotatable bonds is 4. The van der Waals surface area contributed by atoms with E-state index >= 15 is 0 Å². The van der Waals surface area contributed by atoms with E-state index in [1.165, 1.54) is 12.8 Å². The molecule has 2 heterocycles. The van der Waals surface area contributed by atoms with Crippen molar-refractivity contribution in [1.29, 1.82) is 0 Å². The van der Waals surface area contributed by atoms with E-state index in [2.05, 4.69) is 30.7 Å². The predicted molar refractivity (Wildman–Crippen MR) is 79.3 cm³/mol. The molecule has 0 saturated carbocycles. The second-order valence-electron chi connectivity index (χ2n) is 6.47. The van der Waals surface area contributed by atoms with E-state index in [9.17, 15) is 0 Å². The maximum atomic E-state index is 6.21. The van der Waals surface area contributed by atoms with Crippen LogP contribution in [0.25, 0.3) is 0 Å². The number of nitrogens with two attached hydrogens (primary N) is 1. The van der Waals surface area contributed by atoms with Gasteiger partial charge in [-0.05, 0) is 33.2 Å². The Morgan fingerprint density at radius 2 is 2.16 bits per heavy atom. The summed E-state index contributed by atoms with van der Waals surface area (Å²) in [6, 6.07) is 0.600. The van der Waals surface area contributed by atoms with Gasteiger partial charge in [-0.15, -0.1) is 0 Å². The van der Waals surface area contributed by atoms with Crippen molar-refractivity contribution in [3.05, 3.63) is 0 Å². The van der Waals surface area contributed by atoms with Crippen LogP contribution < -0.4 is 5.73 Å². The summed E-state index contributed by atoms with van der Waals surface area (Å²) in [6.07, 6.45) is 4.99. The van der Waals surface area contributed by atoms with Gasteiger partial charge in [-0.2, -0.15) is 0 Å². The van der Waals surface area contributed by atoms with Crippen molar-refractivity contribution in [2.75, 3.05) is 39.8 Å². The summed E-state index contributed by atoms with van der Waals surface area (Å²) < 4.78 is 5.93. The Bertz CT molecular complexity index is 285. The van der Waals surface area contributed by atoms with Crippen molar-refractivity contribution in [2.24, 2.45) is 5.73 Å². The molecule has 4 nitrogen and oxygen atoms in total. The minimum atomic E-state index is 0.179. The summed E-state index contributed by atoms with van der Waals surface area (Å²) in [7, 11) is 2.22. The standard InChI is InChI=1S/C15H31N3O/c1-4-5-14-10-15(12-16,6-9-19-14)18-8-7-17(3)11-13(18)2/h13-14H,4-12,16H2,1-3H3. The molecular formula is C15H31N3O. The van der Waals surface area contributed by atoms with Gasteiger partial charge in [0, 0.05) is 44.4 Å². The number of piperazine rings is 1. The molecule has 2 rings (SSSR count). The van der Waals surface area contributed by atoms with Gasteiger partial charge in [-0.3, -0.25) is 4.90 Å². The summed E-state index contributed by atoms with van der Waals surface area (Å²) in [5.74, 6) is 0. The van der Waals surface area contributed by atoms with Crippen molar-refractivity contribution in [1.82, 2.24) is 9.80 Å². The van der Waals surface area contributed by atoms with Gasteiger partial charge in [0.2, 0.25) is 0 Å². The van der Waals surface area contributed by atoms with Crippen LogP contribution in [0.15, 0.2) is 0 Å². The molecule has 0 bridgehead atoms. The van der Waals surface area contributed by atoms with E-state index in [0.717, 1.165) is 45.6 Å². The van der Waals surface area contributed by atoms with Crippen LogP contribution in [0.2, 0.25) is 0 Å². The fraction of sp³-hybridized carbons (Fsp3) is 1.00. The lowest BCUT2D eigenvalue weighted by atomic mass is 9.82. The third-order valence-corrected chi connectivity index (χ3v) is 4.96. The Morgan fingerprint density at radius 1 is 1.37 bits per heavy atom. The van der Waals surface area contributed by atoms with Gasteiger partial charge in [0.15, 0.2) is 0 Å². The molecule has 0 aromatic rings. The second-order valence-corrected chi connectivity index (χ2v) is 6.47. The van der Waals surface area contributed by atoms with Gasteiger partial charge in [-0.1, -0.05) is 13.3 Å². The highest BCUT2D eigenvalue weighted by atomic mass is 16.5. The molecule has 2 aliphatic rings. The zero-order chi connectivity index (χ0) is 13.9. The third kappa shape index (κ3) is 3.30. The van der Waals surface area contributed by atoms with Crippen molar-refractivity contribution in [3.8, 4) is 0 Å². The summed E-state index contributed by atoms with van der Waals surface area (Å²) in [6.45, 7) is 9.68. The van der Waals surface area contributed by atoms with Crippen molar-refractivity contribution in [2.45, 2.75) is 57.2 Å². The average Bonchev–Trinajstić information content (AvgIpc) is 2.39. The van der Waals surface area contributed by atoms with Gasteiger partial charge in [-0.25, -0.2) is 0 Å². The number of hydrogen-bond acceptors (Lipinski definition) is 4. The largest absolute Gasteiger partial charge is 0.378 e. The van der Waals surface area contributed by atoms with Crippen molar-refractivity contribution >= 4 is 0 Å². The lowest BCUT2D eigenvalue weighted by Crippen LogP contribution is -2.65. The first-order valence-corrected chi connectivity index (χ1v) is 7.88. The van der Waals surface area contributed by atoms with Crippen molar-refractivity contribution in [3.63, 3.8) is 0 Å². The minimum Gasteiger partial charge on any atom is -0.378 e. The molecule has 0 amide bonds. The zero-order valence-electron chi connectivity index (χ0n) is 12.9. The van der Waals surface area contributed by atoms with Crippen LogP contribution >= 0.6 is 0 Å². The zero-order valence-corrected chi connectivity index (χ0v) is 12.9. The van der Waals surface area contributed by atoms with Crippen LogP contribution in [0.1, 0.15) is 39.5 Å². The summed E-state index contributed by atoms with van der Waals surface area (Å²) in [5, 5.41) is 0. The molecule has 0 radical (unpaired) electrons. The van der Waals surface area contributed by atoms with Crippen LogP contribution in [-0.4, -0.2) is 67.3 Å². The molecule has 3 atom stereocenters. The Balaban J connectivity index is 2.08. The maximum Gasteiger partial charge on any atom is 0.0593 e. The molecular weight excluding hydrogens is 238 g/mol. The van der Waals surface area contributed by atoms with Gasteiger partial charge in [0.25, 0.3) is 0 Å². The Kier molecular flexibility index (Phi) is 5.23. The molecule has 0 aromatic heterocycles. The van der Waals surface area contributed by atoms with Crippen molar-refractivity contribution < 1.29 is 4.74 Å². The molecule has 2 N–H and O–H groups in total. The Morgan fingerprint density at radius 3 is 2.79 bits per heavy atom. The smallest absolute Gasteiger partial charge is 0.0593 e. The lowest BCUT2D eigenvalue weighted by Gasteiger charge is -2.53. The van der Waals surface area contributed by atoms with Gasteiger partial charge >= 0.3 is 0 Å². The SMILES string of the molecule is CCCC1CC(CN)(N2CCN(C)CC2C)CCO1. The molecule has 19 heavy (non-hydrogen) atoms. The molecule has 112 valence electrons. The highest BCUT2D eigenvalue weighted by molar-refractivity contribution is 5.00. The predicted octanol–water partition coefficient (Wildman–Crippen LogP) is 1.30. The first-order chi connectivity index (χ1) is 9.11. The van der Waals surface area contributed by atoms with Gasteiger partial charge < -0.3 is 15.4 Å². The lowest BCUT2D eigenvalue weighted by molar-refractivity contribution is -0.0970. The molecule has 3 unspecified atom stereocenters. The van der Waals surface area contributed by atoms with Gasteiger partial charge in [0.05, 0.1) is 6.10 Å². The van der Waals surface area contributed by atoms with E-state index in [-0.39, 0.29) is 5.54 Å². The monoisotopic (exact) mass is 269 g/mol. The number of nitrogens with zero attached hydrogens (tertiary/aromatic N) is 2. The fourth-order valence-electron chi connectivity index (χ4n) is 3.92. The van der Waals surface area contributed by atoms with Crippen LogP contribution in [0, 0.1) is 0 Å². The quantitative estimate of drug-likeness (QED) is 0.835. The van der Waals surface area contributed by atoms with Crippen LogP contribution in [0.4, 0.5) is 0 Å². The van der Waals surface area contributed by atoms with E-state index in [1.54, 1.807) is 0 Å². The molecule has 0 aromatic carbocycles. The third-order valence-electron chi connectivity index (χ3n) is 4.96. The number of likely N-dealkylation sites (N-methyl/N-ethyl adjacent to an activating group) is 1. The van der Waals surface area contributed by atoms with Crippen LogP contribution in [0.3, 0.4) is 0 Å². The second kappa shape index (κ2) is 6.53. The highest BCUT2D eigenvalue weighted by Crippen LogP contribution is 2.34. The molecule has 4 heteroatoms. The van der Waals surface area contributed by atoms with Crippen LogP contribution in [0.5, 0.6) is 0 Å². The normalized spacial score (nSPS) is 38.5. The van der Waals surface area contributed by atoms with E-state index in [4.69, 9.17) is 10.5 Å². The topological polar surface area (TPSA) is 41.7 Å². The average molecular weight is 269 g/mol. The molecule has 2 saturated heterocycles. The Hall–Kier alpha value is -0.160. The minimum absolute atomic E-state index is 0.179. The van der Waals surface area contributed by atoms with Crippen LogP contribution in [-0.2, 0) is 4.74 Å². The fourth-order valence-corrected chi connectivity index (χ4v) is 3.92. The van der Waals surface area contributed by atoms with E-state index in [0.29, 0.717) is 12.1 Å². The van der Waals surface area contributed by atoms with Gasteiger partial charge in [0.1, 0.15) is 0 Å². The number of ether oxygens (including phenoxy) is 1. The molecule has 2 aliphatic heterocycles. The first kappa shape index (κ1) is 15.2. The molecule has 2 fully saturated rings. The van der Waals surface area contributed by atoms with E-state index < -0.39 is 0 Å². The molecule has 0 aliphatic carbocycles. The summed E-state index contributed by atoms with van der Waals surface area (Å²) in [5.41, 5.74) is 6.39.